The molecular weight excluding hydrogens is 272 g/mol. The molecule has 0 spiro atoms. The van der Waals surface area contributed by atoms with Gasteiger partial charge in [0.25, 0.3) is 0 Å². The SMILES string of the molecule is COCCN(CCC(N)=S)CC1COc2ccccc21. The van der Waals surface area contributed by atoms with E-state index in [-0.39, 0.29) is 0 Å². The number of fused-ring (bicyclic) bond motifs is 1. The van der Waals surface area contributed by atoms with Crippen molar-refractivity contribution in [3.05, 3.63) is 29.8 Å². The molecule has 0 bridgehead atoms. The van der Waals surface area contributed by atoms with Gasteiger partial charge >= 0.3 is 0 Å². The van der Waals surface area contributed by atoms with Crippen molar-refractivity contribution in [2.24, 2.45) is 5.73 Å². The van der Waals surface area contributed by atoms with Gasteiger partial charge in [0.2, 0.25) is 0 Å². The van der Waals surface area contributed by atoms with Crippen LogP contribution in [0.25, 0.3) is 0 Å². The molecule has 0 saturated heterocycles. The highest BCUT2D eigenvalue weighted by atomic mass is 32.1. The van der Waals surface area contributed by atoms with Crippen LogP contribution in [0.5, 0.6) is 5.75 Å². The molecule has 2 rings (SSSR count). The third-order valence-electron chi connectivity index (χ3n) is 3.56. The summed E-state index contributed by atoms with van der Waals surface area (Å²) >= 11 is 4.97. The van der Waals surface area contributed by atoms with Crippen LogP contribution in [0, 0.1) is 0 Å². The van der Waals surface area contributed by atoms with Crippen molar-refractivity contribution >= 4 is 17.2 Å². The summed E-state index contributed by atoms with van der Waals surface area (Å²) in [6.45, 7) is 4.17. The summed E-state index contributed by atoms with van der Waals surface area (Å²) in [5.74, 6) is 1.42. The normalized spacial score (nSPS) is 17.0. The van der Waals surface area contributed by atoms with Gasteiger partial charge in [-0.05, 0) is 6.07 Å². The van der Waals surface area contributed by atoms with Gasteiger partial charge in [-0.3, -0.25) is 4.90 Å². The van der Waals surface area contributed by atoms with Crippen molar-refractivity contribution < 1.29 is 9.47 Å². The Bertz CT molecular complexity index is 453. The van der Waals surface area contributed by atoms with Gasteiger partial charge in [-0.15, -0.1) is 0 Å². The van der Waals surface area contributed by atoms with E-state index in [0.29, 0.717) is 17.5 Å². The molecule has 1 aliphatic heterocycles. The Hall–Kier alpha value is -1.17. The van der Waals surface area contributed by atoms with Gasteiger partial charge in [-0.1, -0.05) is 30.4 Å². The predicted molar refractivity (Wildman–Crippen MR) is 84.4 cm³/mol. The first kappa shape index (κ1) is 15.2. The fourth-order valence-electron chi connectivity index (χ4n) is 2.48. The molecule has 0 fully saturated rings. The first-order chi connectivity index (χ1) is 9.70. The highest BCUT2D eigenvalue weighted by molar-refractivity contribution is 7.80. The van der Waals surface area contributed by atoms with E-state index in [1.54, 1.807) is 7.11 Å². The zero-order valence-corrected chi connectivity index (χ0v) is 12.7. The number of hydrogen-bond acceptors (Lipinski definition) is 4. The molecule has 1 unspecified atom stereocenters. The fourth-order valence-corrected chi connectivity index (χ4v) is 2.57. The maximum Gasteiger partial charge on any atom is 0.122 e. The summed E-state index contributed by atoms with van der Waals surface area (Å²) in [4.78, 5) is 2.91. The number of benzene rings is 1. The van der Waals surface area contributed by atoms with Crippen LogP contribution in [-0.2, 0) is 4.74 Å². The zero-order valence-electron chi connectivity index (χ0n) is 11.9. The Kier molecular flexibility index (Phi) is 5.76. The number of nitrogens with zero attached hydrogens (tertiary/aromatic N) is 1. The van der Waals surface area contributed by atoms with E-state index in [0.717, 1.165) is 38.4 Å². The van der Waals surface area contributed by atoms with Crippen LogP contribution in [-0.4, -0.2) is 49.8 Å². The molecule has 20 heavy (non-hydrogen) atoms. The molecule has 0 aromatic heterocycles. The van der Waals surface area contributed by atoms with Gasteiger partial charge in [0, 0.05) is 44.6 Å². The lowest BCUT2D eigenvalue weighted by molar-refractivity contribution is 0.142. The van der Waals surface area contributed by atoms with Crippen LogP contribution in [0.2, 0.25) is 0 Å². The quantitative estimate of drug-likeness (QED) is 0.741. The Morgan fingerprint density at radius 2 is 2.25 bits per heavy atom. The maximum atomic E-state index is 5.73. The molecule has 0 radical (unpaired) electrons. The molecule has 1 atom stereocenters. The molecule has 0 amide bonds. The molecule has 1 aromatic rings. The average molecular weight is 294 g/mol. The Morgan fingerprint density at radius 3 is 3.00 bits per heavy atom. The Labute approximate surface area is 125 Å². The van der Waals surface area contributed by atoms with Crippen molar-refractivity contribution in [2.45, 2.75) is 12.3 Å². The lowest BCUT2D eigenvalue weighted by Crippen LogP contribution is -2.34. The number of nitrogens with two attached hydrogens (primary N) is 1. The smallest absolute Gasteiger partial charge is 0.122 e. The second-order valence-corrected chi connectivity index (χ2v) is 5.58. The summed E-state index contributed by atoms with van der Waals surface area (Å²) in [5.41, 5.74) is 6.90. The van der Waals surface area contributed by atoms with Crippen LogP contribution in [0.1, 0.15) is 17.9 Å². The molecule has 0 aliphatic carbocycles. The van der Waals surface area contributed by atoms with Gasteiger partial charge in [-0.2, -0.15) is 0 Å². The van der Waals surface area contributed by atoms with Gasteiger partial charge in [-0.25, -0.2) is 0 Å². The van der Waals surface area contributed by atoms with Gasteiger partial charge in [0.05, 0.1) is 18.2 Å². The van der Waals surface area contributed by atoms with Crippen molar-refractivity contribution in [2.75, 3.05) is 40.0 Å². The van der Waals surface area contributed by atoms with Crippen molar-refractivity contribution in [3.8, 4) is 5.75 Å². The lowest BCUT2D eigenvalue weighted by Gasteiger charge is -2.24. The van der Waals surface area contributed by atoms with Crippen LogP contribution in [0.15, 0.2) is 24.3 Å². The zero-order chi connectivity index (χ0) is 14.4. The Morgan fingerprint density at radius 1 is 1.45 bits per heavy atom. The molecule has 1 aliphatic rings. The summed E-state index contributed by atoms with van der Waals surface area (Å²) in [6.07, 6.45) is 0.744. The van der Waals surface area contributed by atoms with Gasteiger partial charge < -0.3 is 15.2 Å². The molecule has 1 aromatic carbocycles. The third kappa shape index (κ3) is 4.16. The number of thiocarbonyl (C=S) groups is 1. The molecule has 2 N–H and O–H groups in total. The minimum absolute atomic E-state index is 0.411. The minimum atomic E-state index is 0.411. The molecule has 4 nitrogen and oxygen atoms in total. The topological polar surface area (TPSA) is 47.7 Å². The standard InChI is InChI=1S/C15H22N2O2S/c1-18-9-8-17(7-6-15(16)20)10-12-11-19-14-5-3-2-4-13(12)14/h2-5,12H,6-11H2,1H3,(H2,16,20). The minimum Gasteiger partial charge on any atom is -0.493 e. The second-order valence-electron chi connectivity index (χ2n) is 5.06. The Balaban J connectivity index is 1.95. The molecule has 1 heterocycles. The summed E-state index contributed by atoms with van der Waals surface area (Å²) in [6, 6.07) is 8.25. The molecule has 110 valence electrons. The number of methoxy groups -OCH3 is 1. The molecule has 0 saturated carbocycles. The average Bonchev–Trinajstić information content (AvgIpc) is 2.85. The first-order valence-corrected chi connectivity index (χ1v) is 7.33. The van der Waals surface area contributed by atoms with Gasteiger partial charge in [0.15, 0.2) is 0 Å². The summed E-state index contributed by atoms with van der Waals surface area (Å²) in [5, 5.41) is 0. The predicted octanol–water partition coefficient (Wildman–Crippen LogP) is 1.79. The third-order valence-corrected chi connectivity index (χ3v) is 3.77. The van der Waals surface area contributed by atoms with E-state index in [1.165, 1.54) is 5.56 Å². The van der Waals surface area contributed by atoms with Crippen LogP contribution in [0.4, 0.5) is 0 Å². The van der Waals surface area contributed by atoms with Crippen LogP contribution < -0.4 is 10.5 Å². The number of hydrogen-bond donors (Lipinski definition) is 1. The van der Waals surface area contributed by atoms with Gasteiger partial charge in [0.1, 0.15) is 5.75 Å². The maximum absolute atomic E-state index is 5.73. The van der Waals surface area contributed by atoms with Crippen LogP contribution in [0.3, 0.4) is 0 Å². The number of para-hydroxylation sites is 1. The number of ether oxygens (including phenoxy) is 2. The second kappa shape index (κ2) is 7.57. The fraction of sp³-hybridized carbons (Fsp3) is 0.533. The summed E-state index contributed by atoms with van der Waals surface area (Å²) in [7, 11) is 1.72. The van der Waals surface area contributed by atoms with E-state index in [9.17, 15) is 0 Å². The first-order valence-electron chi connectivity index (χ1n) is 6.92. The van der Waals surface area contributed by atoms with E-state index in [2.05, 4.69) is 17.0 Å². The summed E-state index contributed by atoms with van der Waals surface area (Å²) < 4.78 is 10.9. The van der Waals surface area contributed by atoms with Crippen molar-refractivity contribution in [3.63, 3.8) is 0 Å². The molecular formula is C15H22N2O2S. The van der Waals surface area contributed by atoms with E-state index in [4.69, 9.17) is 27.4 Å². The van der Waals surface area contributed by atoms with E-state index >= 15 is 0 Å². The highest BCUT2D eigenvalue weighted by Crippen LogP contribution is 2.33. The highest BCUT2D eigenvalue weighted by Gasteiger charge is 2.25. The van der Waals surface area contributed by atoms with Crippen molar-refractivity contribution in [1.82, 2.24) is 4.90 Å². The van der Waals surface area contributed by atoms with E-state index in [1.807, 2.05) is 12.1 Å². The van der Waals surface area contributed by atoms with Crippen molar-refractivity contribution in [1.29, 1.82) is 0 Å². The molecule has 5 heteroatoms. The largest absolute Gasteiger partial charge is 0.493 e. The van der Waals surface area contributed by atoms with Crippen LogP contribution >= 0.6 is 12.2 Å². The number of rotatable bonds is 8. The van der Waals surface area contributed by atoms with E-state index < -0.39 is 0 Å². The monoisotopic (exact) mass is 294 g/mol. The lowest BCUT2D eigenvalue weighted by atomic mass is 10.0.